The van der Waals surface area contributed by atoms with Crippen molar-refractivity contribution in [1.82, 2.24) is 20.2 Å². The number of amides is 1. The van der Waals surface area contributed by atoms with Crippen LogP contribution in [0.4, 0.5) is 0 Å². The molecule has 1 amide bonds. The first-order valence-electron chi connectivity index (χ1n) is 9.79. The van der Waals surface area contributed by atoms with E-state index in [1.54, 1.807) is 29.6 Å². The fraction of sp³-hybridized carbons (Fsp3) is 0.273. The molecule has 30 heavy (non-hydrogen) atoms. The van der Waals surface area contributed by atoms with Gasteiger partial charge >= 0.3 is 0 Å². The smallest absolute Gasteiger partial charge is 0.280 e. The molecule has 1 saturated heterocycles. The topological polar surface area (TPSA) is 91.1 Å². The van der Waals surface area contributed by atoms with Crippen LogP contribution in [0.3, 0.4) is 0 Å². The molecule has 0 spiro atoms. The molecular formula is C22H21N5O2S. The van der Waals surface area contributed by atoms with Crippen molar-refractivity contribution in [3.8, 4) is 28.1 Å². The van der Waals surface area contributed by atoms with Gasteiger partial charge in [-0.1, -0.05) is 18.2 Å². The number of nitrogens with one attached hydrogen (secondary N) is 1. The van der Waals surface area contributed by atoms with Gasteiger partial charge in [-0.2, -0.15) is 5.26 Å². The summed E-state index contributed by atoms with van der Waals surface area (Å²) in [5.74, 6) is 1.66. The van der Waals surface area contributed by atoms with Gasteiger partial charge in [-0.05, 0) is 37.0 Å². The number of nitriles is 1. The number of hydrogen-bond acceptors (Lipinski definition) is 7. The molecule has 1 aliphatic heterocycles. The largest absolute Gasteiger partial charge is 0.457 e. The molecule has 1 N–H and O–H groups in total. The predicted molar refractivity (Wildman–Crippen MR) is 114 cm³/mol. The van der Waals surface area contributed by atoms with E-state index in [1.165, 1.54) is 11.3 Å². The molecule has 152 valence electrons. The van der Waals surface area contributed by atoms with E-state index in [4.69, 9.17) is 10.00 Å². The summed E-state index contributed by atoms with van der Waals surface area (Å²) in [5, 5.41) is 12.3. The normalized spacial score (nSPS) is 15.6. The van der Waals surface area contributed by atoms with Crippen molar-refractivity contribution in [2.24, 2.45) is 5.92 Å². The molecule has 4 rings (SSSR count). The van der Waals surface area contributed by atoms with Crippen molar-refractivity contribution >= 4 is 17.2 Å². The maximum absolute atomic E-state index is 12.5. The Balaban J connectivity index is 1.38. The van der Waals surface area contributed by atoms with Crippen LogP contribution in [0, 0.1) is 17.4 Å². The fourth-order valence-corrected chi connectivity index (χ4v) is 4.25. The van der Waals surface area contributed by atoms with Crippen LogP contribution in [0.25, 0.3) is 10.4 Å². The molecule has 0 radical (unpaired) electrons. The molecule has 0 aliphatic carbocycles. The lowest BCUT2D eigenvalue weighted by atomic mass is 10.1. The van der Waals surface area contributed by atoms with Crippen LogP contribution >= 0.6 is 11.3 Å². The summed E-state index contributed by atoms with van der Waals surface area (Å²) in [4.78, 5) is 23.6. The van der Waals surface area contributed by atoms with Crippen LogP contribution in [-0.2, 0) is 0 Å². The first kappa shape index (κ1) is 19.9. The number of pyridine rings is 1. The molecule has 0 saturated carbocycles. The summed E-state index contributed by atoms with van der Waals surface area (Å²) in [5.41, 5.74) is 0.792. The van der Waals surface area contributed by atoms with Gasteiger partial charge in [0, 0.05) is 38.2 Å². The average molecular weight is 420 g/mol. The minimum Gasteiger partial charge on any atom is -0.457 e. The minimum atomic E-state index is -0.184. The number of ether oxygens (including phenoxy) is 1. The molecular weight excluding hydrogens is 398 g/mol. The van der Waals surface area contributed by atoms with Crippen molar-refractivity contribution in [2.75, 3.05) is 19.6 Å². The highest BCUT2D eigenvalue weighted by molar-refractivity contribution is 7.17. The van der Waals surface area contributed by atoms with E-state index >= 15 is 0 Å². The van der Waals surface area contributed by atoms with Gasteiger partial charge in [-0.25, -0.2) is 4.98 Å². The number of likely N-dealkylation sites (tertiary alicyclic amines) is 1. The van der Waals surface area contributed by atoms with Gasteiger partial charge in [0.1, 0.15) is 11.5 Å². The Kier molecular flexibility index (Phi) is 6.20. The van der Waals surface area contributed by atoms with Gasteiger partial charge in [0.05, 0.1) is 10.4 Å². The lowest BCUT2D eigenvalue weighted by Crippen LogP contribution is -2.26. The van der Waals surface area contributed by atoms with Gasteiger partial charge in [0.2, 0.25) is 0 Å². The SMILES string of the molecule is N#CN1CCC(CCNC(=O)c2ncc(-c3cnccc3Oc3ccccc3)s2)C1. The molecule has 1 unspecified atom stereocenters. The van der Waals surface area contributed by atoms with Gasteiger partial charge < -0.3 is 15.0 Å². The van der Waals surface area contributed by atoms with Crippen LogP contribution in [-0.4, -0.2) is 40.4 Å². The van der Waals surface area contributed by atoms with E-state index in [-0.39, 0.29) is 5.91 Å². The first-order chi connectivity index (χ1) is 14.7. The second-order valence-electron chi connectivity index (χ2n) is 7.06. The van der Waals surface area contributed by atoms with Gasteiger partial charge in [-0.3, -0.25) is 9.78 Å². The summed E-state index contributed by atoms with van der Waals surface area (Å²) in [6.45, 7) is 2.16. The van der Waals surface area contributed by atoms with Gasteiger partial charge in [-0.15, -0.1) is 11.3 Å². The molecule has 1 aliphatic rings. The zero-order chi connectivity index (χ0) is 20.8. The first-order valence-corrected chi connectivity index (χ1v) is 10.6. The van der Waals surface area contributed by atoms with Crippen molar-refractivity contribution in [2.45, 2.75) is 12.8 Å². The molecule has 1 fully saturated rings. The number of nitrogens with zero attached hydrogens (tertiary/aromatic N) is 4. The summed E-state index contributed by atoms with van der Waals surface area (Å²) in [6, 6.07) is 11.3. The highest BCUT2D eigenvalue weighted by Crippen LogP contribution is 2.35. The third kappa shape index (κ3) is 4.75. The van der Waals surface area contributed by atoms with Crippen LogP contribution in [0.1, 0.15) is 22.6 Å². The molecule has 2 aromatic heterocycles. The number of hydrogen-bond donors (Lipinski definition) is 1. The van der Waals surface area contributed by atoms with Crippen LogP contribution in [0.5, 0.6) is 11.5 Å². The summed E-state index contributed by atoms with van der Waals surface area (Å²) in [7, 11) is 0. The molecule has 7 nitrogen and oxygen atoms in total. The number of rotatable bonds is 7. The van der Waals surface area contributed by atoms with Crippen molar-refractivity contribution in [3.63, 3.8) is 0 Å². The van der Waals surface area contributed by atoms with E-state index in [9.17, 15) is 4.79 Å². The Morgan fingerprint density at radius 3 is 2.97 bits per heavy atom. The number of para-hydroxylation sites is 1. The quantitative estimate of drug-likeness (QED) is 0.584. The highest BCUT2D eigenvalue weighted by Gasteiger charge is 2.21. The summed E-state index contributed by atoms with van der Waals surface area (Å²) in [6.07, 6.45) is 9.10. The van der Waals surface area contributed by atoms with Crippen LogP contribution < -0.4 is 10.1 Å². The monoisotopic (exact) mass is 419 g/mol. The lowest BCUT2D eigenvalue weighted by Gasteiger charge is -2.10. The van der Waals surface area contributed by atoms with Crippen LogP contribution in [0.15, 0.2) is 55.0 Å². The van der Waals surface area contributed by atoms with E-state index in [0.717, 1.165) is 42.1 Å². The van der Waals surface area contributed by atoms with E-state index in [0.29, 0.717) is 23.2 Å². The standard InChI is InChI=1S/C22H21N5O2S/c23-15-27-11-8-16(14-27)6-10-25-21(28)22-26-13-20(30-22)18-12-24-9-7-19(18)29-17-4-2-1-3-5-17/h1-5,7,9,12-13,16H,6,8,10-11,14H2,(H,25,28). The third-order valence-electron chi connectivity index (χ3n) is 4.98. The maximum atomic E-state index is 12.5. The second-order valence-corrected chi connectivity index (χ2v) is 8.09. The second kappa shape index (κ2) is 9.37. The fourth-order valence-electron chi connectivity index (χ4n) is 3.40. The maximum Gasteiger partial charge on any atom is 0.280 e. The molecule has 8 heteroatoms. The molecule has 3 heterocycles. The number of aromatic nitrogens is 2. The average Bonchev–Trinajstić information content (AvgIpc) is 3.45. The van der Waals surface area contributed by atoms with Crippen molar-refractivity contribution in [1.29, 1.82) is 5.26 Å². The Hall–Kier alpha value is -3.44. The molecule has 1 aromatic carbocycles. The zero-order valence-electron chi connectivity index (χ0n) is 16.3. The number of benzene rings is 1. The third-order valence-corrected chi connectivity index (χ3v) is 6.01. The lowest BCUT2D eigenvalue weighted by molar-refractivity contribution is 0.0951. The minimum absolute atomic E-state index is 0.184. The van der Waals surface area contributed by atoms with Gasteiger partial charge in [0.15, 0.2) is 11.2 Å². The molecule has 3 aromatic rings. The Morgan fingerprint density at radius 2 is 2.17 bits per heavy atom. The number of thiazole rings is 1. The van der Waals surface area contributed by atoms with E-state index < -0.39 is 0 Å². The van der Waals surface area contributed by atoms with Crippen molar-refractivity contribution < 1.29 is 9.53 Å². The molecule has 1 atom stereocenters. The summed E-state index contributed by atoms with van der Waals surface area (Å²) >= 11 is 1.31. The van der Waals surface area contributed by atoms with Gasteiger partial charge in [0.25, 0.3) is 5.91 Å². The Bertz CT molecular complexity index is 1050. The Morgan fingerprint density at radius 1 is 1.30 bits per heavy atom. The summed E-state index contributed by atoms with van der Waals surface area (Å²) < 4.78 is 5.98. The zero-order valence-corrected chi connectivity index (χ0v) is 17.1. The predicted octanol–water partition coefficient (Wildman–Crippen LogP) is 3.92. The highest BCUT2D eigenvalue weighted by atomic mass is 32.1. The number of carbonyl (C=O) groups excluding carboxylic acids is 1. The number of carbonyl (C=O) groups is 1. The van der Waals surface area contributed by atoms with E-state index in [2.05, 4.69) is 21.5 Å². The van der Waals surface area contributed by atoms with Crippen LogP contribution in [0.2, 0.25) is 0 Å². The van der Waals surface area contributed by atoms with E-state index in [1.807, 2.05) is 30.3 Å². The van der Waals surface area contributed by atoms with Crippen molar-refractivity contribution in [3.05, 3.63) is 60.0 Å². The Labute approximate surface area is 179 Å². The molecule has 0 bridgehead atoms.